The molecule has 0 heterocycles. The van der Waals surface area contributed by atoms with Gasteiger partial charge in [-0.25, -0.2) is 18.0 Å². The van der Waals surface area contributed by atoms with E-state index in [1.54, 1.807) is 0 Å². The van der Waals surface area contributed by atoms with Crippen LogP contribution < -0.4 is 5.32 Å². The van der Waals surface area contributed by atoms with Gasteiger partial charge in [-0.2, -0.15) is 0 Å². The van der Waals surface area contributed by atoms with E-state index in [0.29, 0.717) is 6.07 Å². The maximum atomic E-state index is 13.3. The van der Waals surface area contributed by atoms with E-state index in [4.69, 9.17) is 5.11 Å². The SMILES string of the molecule is CC(=O)N[C@H](Cc1ccc(F)c(F)c1F)C(=O)O. The monoisotopic (exact) mass is 261 g/mol. The first kappa shape index (κ1) is 14.0. The van der Waals surface area contributed by atoms with E-state index < -0.39 is 41.8 Å². The van der Waals surface area contributed by atoms with Crippen molar-refractivity contribution in [3.63, 3.8) is 0 Å². The Labute approximate surface area is 100 Å². The summed E-state index contributed by atoms with van der Waals surface area (Å²) >= 11 is 0. The molecule has 0 radical (unpaired) electrons. The molecule has 0 unspecified atom stereocenters. The normalized spacial score (nSPS) is 12.0. The van der Waals surface area contributed by atoms with E-state index in [1.807, 2.05) is 0 Å². The van der Waals surface area contributed by atoms with Gasteiger partial charge in [0.15, 0.2) is 17.5 Å². The average Bonchev–Trinajstić information content (AvgIpc) is 2.28. The highest BCUT2D eigenvalue weighted by atomic mass is 19.2. The van der Waals surface area contributed by atoms with E-state index in [0.717, 1.165) is 13.0 Å². The predicted molar refractivity (Wildman–Crippen MR) is 55.3 cm³/mol. The highest BCUT2D eigenvalue weighted by Gasteiger charge is 2.22. The van der Waals surface area contributed by atoms with Gasteiger partial charge in [0.2, 0.25) is 5.91 Å². The number of carboxylic acids is 1. The molecule has 1 aromatic rings. The molecule has 1 atom stereocenters. The minimum atomic E-state index is -1.67. The van der Waals surface area contributed by atoms with Crippen molar-refractivity contribution in [3.8, 4) is 0 Å². The molecule has 0 spiro atoms. The Balaban J connectivity index is 2.98. The van der Waals surface area contributed by atoms with Gasteiger partial charge in [0, 0.05) is 13.3 Å². The average molecular weight is 261 g/mol. The Bertz CT molecular complexity index is 491. The maximum Gasteiger partial charge on any atom is 0.326 e. The number of hydrogen-bond donors (Lipinski definition) is 2. The fraction of sp³-hybridized carbons (Fsp3) is 0.273. The second-order valence-electron chi connectivity index (χ2n) is 3.63. The summed E-state index contributed by atoms with van der Waals surface area (Å²) in [6.45, 7) is 1.09. The van der Waals surface area contributed by atoms with Crippen LogP contribution in [0.4, 0.5) is 13.2 Å². The molecule has 98 valence electrons. The lowest BCUT2D eigenvalue weighted by molar-refractivity contribution is -0.141. The Hall–Kier alpha value is -2.05. The molecule has 1 rings (SSSR count). The van der Waals surface area contributed by atoms with Crippen molar-refractivity contribution < 1.29 is 27.9 Å². The molecular weight excluding hydrogens is 251 g/mol. The number of carbonyl (C=O) groups is 2. The van der Waals surface area contributed by atoms with Gasteiger partial charge in [0.05, 0.1) is 0 Å². The van der Waals surface area contributed by atoms with E-state index in [-0.39, 0.29) is 5.56 Å². The van der Waals surface area contributed by atoms with Gasteiger partial charge in [-0.3, -0.25) is 4.79 Å². The molecule has 0 bridgehead atoms. The molecule has 0 aliphatic heterocycles. The molecule has 18 heavy (non-hydrogen) atoms. The van der Waals surface area contributed by atoms with Gasteiger partial charge < -0.3 is 10.4 Å². The minimum Gasteiger partial charge on any atom is -0.480 e. The summed E-state index contributed by atoms with van der Waals surface area (Å²) in [5.41, 5.74) is -0.324. The fourth-order valence-electron chi connectivity index (χ4n) is 1.39. The van der Waals surface area contributed by atoms with Crippen molar-refractivity contribution in [2.75, 3.05) is 0 Å². The van der Waals surface area contributed by atoms with Crippen molar-refractivity contribution in [1.29, 1.82) is 0 Å². The molecule has 0 saturated carbocycles. The lowest BCUT2D eigenvalue weighted by Gasteiger charge is -2.13. The van der Waals surface area contributed by atoms with Crippen LogP contribution in [0.5, 0.6) is 0 Å². The zero-order chi connectivity index (χ0) is 13.9. The summed E-state index contributed by atoms with van der Waals surface area (Å²) in [5.74, 6) is -6.49. The highest BCUT2D eigenvalue weighted by molar-refractivity contribution is 5.82. The van der Waals surface area contributed by atoms with Gasteiger partial charge in [-0.05, 0) is 11.6 Å². The number of amides is 1. The van der Waals surface area contributed by atoms with Crippen molar-refractivity contribution in [2.45, 2.75) is 19.4 Å². The van der Waals surface area contributed by atoms with Crippen molar-refractivity contribution in [2.24, 2.45) is 0 Å². The third kappa shape index (κ3) is 3.22. The van der Waals surface area contributed by atoms with Crippen LogP contribution in [0.3, 0.4) is 0 Å². The lowest BCUT2D eigenvalue weighted by atomic mass is 10.0. The van der Waals surface area contributed by atoms with Crippen molar-refractivity contribution >= 4 is 11.9 Å². The lowest BCUT2D eigenvalue weighted by Crippen LogP contribution is -2.41. The third-order valence-electron chi connectivity index (χ3n) is 2.21. The number of carboxylic acid groups (broad SMARTS) is 1. The molecule has 0 fully saturated rings. The number of rotatable bonds is 4. The Morgan fingerprint density at radius 1 is 1.28 bits per heavy atom. The topological polar surface area (TPSA) is 66.4 Å². The Morgan fingerprint density at radius 3 is 2.39 bits per heavy atom. The molecule has 0 aromatic heterocycles. The number of aliphatic carboxylic acids is 1. The maximum absolute atomic E-state index is 13.3. The molecule has 1 aromatic carbocycles. The summed E-state index contributed by atoms with van der Waals surface area (Å²) in [7, 11) is 0. The van der Waals surface area contributed by atoms with Crippen LogP contribution in [0.15, 0.2) is 12.1 Å². The van der Waals surface area contributed by atoms with Crippen LogP contribution in [0, 0.1) is 17.5 Å². The van der Waals surface area contributed by atoms with Gasteiger partial charge >= 0.3 is 5.97 Å². The molecule has 1 amide bonds. The Kier molecular flexibility index (Phi) is 4.30. The van der Waals surface area contributed by atoms with Crippen molar-refractivity contribution in [1.82, 2.24) is 5.32 Å². The zero-order valence-electron chi connectivity index (χ0n) is 9.34. The molecule has 0 aliphatic carbocycles. The van der Waals surface area contributed by atoms with E-state index in [2.05, 4.69) is 5.32 Å². The number of benzene rings is 1. The molecule has 4 nitrogen and oxygen atoms in total. The number of nitrogens with one attached hydrogen (secondary N) is 1. The summed E-state index contributed by atoms with van der Waals surface area (Å²) in [4.78, 5) is 21.6. The van der Waals surface area contributed by atoms with Crippen LogP contribution in [-0.2, 0) is 16.0 Å². The molecule has 0 aliphatic rings. The molecule has 7 heteroatoms. The Morgan fingerprint density at radius 2 is 1.89 bits per heavy atom. The summed E-state index contributed by atoms with van der Waals surface area (Å²) < 4.78 is 38.9. The molecular formula is C11H10F3NO3. The highest BCUT2D eigenvalue weighted by Crippen LogP contribution is 2.16. The first-order valence-corrected chi connectivity index (χ1v) is 4.95. The standard InChI is InChI=1S/C11H10F3NO3/c1-5(16)15-8(11(17)18)4-6-2-3-7(12)10(14)9(6)13/h2-3,8H,4H2,1H3,(H,15,16)(H,17,18)/t8-/m1/s1. The quantitative estimate of drug-likeness (QED) is 0.801. The van der Waals surface area contributed by atoms with Crippen LogP contribution in [0.1, 0.15) is 12.5 Å². The largest absolute Gasteiger partial charge is 0.480 e. The summed E-state index contributed by atoms with van der Waals surface area (Å²) in [5, 5.41) is 10.9. The first-order valence-electron chi connectivity index (χ1n) is 4.95. The van der Waals surface area contributed by atoms with Gasteiger partial charge in [-0.1, -0.05) is 6.07 Å². The zero-order valence-corrected chi connectivity index (χ0v) is 9.34. The third-order valence-corrected chi connectivity index (χ3v) is 2.21. The van der Waals surface area contributed by atoms with Gasteiger partial charge in [-0.15, -0.1) is 0 Å². The molecule has 0 saturated heterocycles. The fourth-order valence-corrected chi connectivity index (χ4v) is 1.39. The second-order valence-corrected chi connectivity index (χ2v) is 3.63. The van der Waals surface area contributed by atoms with Crippen LogP contribution in [0.2, 0.25) is 0 Å². The minimum absolute atomic E-state index is 0.324. The second kappa shape index (κ2) is 5.52. The van der Waals surface area contributed by atoms with E-state index in [9.17, 15) is 22.8 Å². The van der Waals surface area contributed by atoms with E-state index >= 15 is 0 Å². The summed E-state index contributed by atoms with van der Waals surface area (Å²) in [6.07, 6.45) is -0.474. The van der Waals surface area contributed by atoms with E-state index in [1.165, 1.54) is 0 Å². The van der Waals surface area contributed by atoms with Gasteiger partial charge in [0.25, 0.3) is 0 Å². The summed E-state index contributed by atoms with van der Waals surface area (Å²) in [6, 6.07) is 0.230. The smallest absolute Gasteiger partial charge is 0.326 e. The molecule has 2 N–H and O–H groups in total. The predicted octanol–water partition coefficient (Wildman–Crippen LogP) is 1.24. The van der Waals surface area contributed by atoms with Crippen LogP contribution >= 0.6 is 0 Å². The van der Waals surface area contributed by atoms with Crippen molar-refractivity contribution in [3.05, 3.63) is 35.1 Å². The van der Waals surface area contributed by atoms with Crippen LogP contribution in [0.25, 0.3) is 0 Å². The van der Waals surface area contributed by atoms with Gasteiger partial charge in [0.1, 0.15) is 6.04 Å². The first-order chi connectivity index (χ1) is 8.32. The number of halogens is 3. The number of carbonyl (C=O) groups excluding carboxylic acids is 1. The number of hydrogen-bond acceptors (Lipinski definition) is 2. The van der Waals surface area contributed by atoms with Crippen LogP contribution in [-0.4, -0.2) is 23.0 Å².